The summed E-state index contributed by atoms with van der Waals surface area (Å²) in [6, 6.07) is 6.01. The minimum Gasteiger partial charge on any atom is -0.461 e. The number of hydrogen-bond donors (Lipinski definition) is 0. The number of nitrogens with zero attached hydrogens (tertiary/aromatic N) is 2. The molecule has 0 N–H and O–H groups in total. The van der Waals surface area contributed by atoms with E-state index in [0.717, 1.165) is 19.0 Å². The zero-order valence-corrected chi connectivity index (χ0v) is 13.7. The first-order valence-electron chi connectivity index (χ1n) is 8.17. The molecule has 1 aromatic carbocycles. The average molecular weight is 320 g/mol. The maximum absolute atomic E-state index is 12.0. The lowest BCUT2D eigenvalue weighted by molar-refractivity contribution is -0.384. The van der Waals surface area contributed by atoms with Gasteiger partial charge in [0.05, 0.1) is 10.5 Å². The third-order valence-electron chi connectivity index (χ3n) is 4.61. The first-order chi connectivity index (χ1) is 11.0. The topological polar surface area (TPSA) is 72.7 Å². The molecule has 1 aliphatic heterocycles. The van der Waals surface area contributed by atoms with Gasteiger partial charge in [0.2, 0.25) is 0 Å². The number of carbonyl (C=O) groups is 1. The highest BCUT2D eigenvalue weighted by Gasteiger charge is 2.24. The Labute approximate surface area is 136 Å². The Bertz CT molecular complexity index is 544. The number of carbonyl (C=O) groups excluding carboxylic acids is 1. The van der Waals surface area contributed by atoms with E-state index in [9.17, 15) is 14.9 Å². The minimum atomic E-state index is -0.489. The summed E-state index contributed by atoms with van der Waals surface area (Å²) < 4.78 is 5.30. The van der Waals surface area contributed by atoms with Crippen LogP contribution in [0.15, 0.2) is 24.3 Å². The maximum atomic E-state index is 12.0. The highest BCUT2D eigenvalue weighted by Crippen LogP contribution is 2.23. The van der Waals surface area contributed by atoms with Crippen LogP contribution in [0.4, 0.5) is 5.69 Å². The van der Waals surface area contributed by atoms with E-state index in [4.69, 9.17) is 4.74 Å². The summed E-state index contributed by atoms with van der Waals surface area (Å²) in [5.74, 6) is 0.299. The highest BCUT2D eigenvalue weighted by molar-refractivity contribution is 5.89. The monoisotopic (exact) mass is 320 g/mol. The van der Waals surface area contributed by atoms with Crippen molar-refractivity contribution in [1.29, 1.82) is 0 Å². The van der Waals surface area contributed by atoms with Crippen LogP contribution in [0.2, 0.25) is 0 Å². The molecule has 0 aromatic heterocycles. The number of likely N-dealkylation sites (tertiary alicyclic amines) is 1. The van der Waals surface area contributed by atoms with Crippen molar-refractivity contribution >= 4 is 11.7 Å². The molecule has 1 aromatic rings. The molecule has 6 heteroatoms. The molecule has 23 heavy (non-hydrogen) atoms. The normalized spacial score (nSPS) is 21.8. The molecule has 1 fully saturated rings. The van der Waals surface area contributed by atoms with Gasteiger partial charge in [-0.15, -0.1) is 0 Å². The lowest BCUT2D eigenvalue weighted by atomic mass is 9.92. The number of esters is 1. The second-order valence-electron chi connectivity index (χ2n) is 6.14. The Hall–Kier alpha value is -1.95. The van der Waals surface area contributed by atoms with Crippen molar-refractivity contribution in [3.63, 3.8) is 0 Å². The summed E-state index contributed by atoms with van der Waals surface area (Å²) in [4.78, 5) is 24.4. The smallest absolute Gasteiger partial charge is 0.338 e. The molecule has 0 spiro atoms. The molecule has 2 rings (SSSR count). The molecule has 0 amide bonds. The van der Waals surface area contributed by atoms with Crippen LogP contribution >= 0.6 is 0 Å². The zero-order valence-electron chi connectivity index (χ0n) is 13.7. The second kappa shape index (κ2) is 8.06. The van der Waals surface area contributed by atoms with Gasteiger partial charge in [0.25, 0.3) is 5.69 Å². The Morgan fingerprint density at radius 2 is 2.04 bits per heavy atom. The lowest BCUT2D eigenvalue weighted by Gasteiger charge is -2.37. The number of rotatable bonds is 6. The van der Waals surface area contributed by atoms with E-state index in [1.165, 1.54) is 43.5 Å². The number of ether oxygens (including phenoxy) is 1. The quantitative estimate of drug-likeness (QED) is 0.457. The summed E-state index contributed by atoms with van der Waals surface area (Å²) in [5.41, 5.74) is 0.308. The minimum absolute atomic E-state index is 0.0331. The van der Waals surface area contributed by atoms with Crippen LogP contribution in [0.5, 0.6) is 0 Å². The fourth-order valence-corrected chi connectivity index (χ4v) is 2.97. The van der Waals surface area contributed by atoms with Gasteiger partial charge < -0.3 is 4.74 Å². The van der Waals surface area contributed by atoms with Crippen molar-refractivity contribution in [2.24, 2.45) is 5.92 Å². The van der Waals surface area contributed by atoms with Gasteiger partial charge in [0, 0.05) is 31.3 Å². The van der Waals surface area contributed by atoms with Crippen molar-refractivity contribution < 1.29 is 14.5 Å². The number of non-ortho nitro benzene ring substituents is 1. The standard InChI is InChI=1S/C17H24N2O4/c1-3-14-5-4-13(2)18(12-14)10-11-23-17(20)15-6-8-16(9-7-15)19(21)22/h6-9,13-14H,3-5,10-12H2,1-2H3. The number of piperidine rings is 1. The van der Waals surface area contributed by atoms with E-state index in [2.05, 4.69) is 18.7 Å². The molecule has 2 unspecified atom stereocenters. The molecule has 6 nitrogen and oxygen atoms in total. The fourth-order valence-electron chi connectivity index (χ4n) is 2.97. The van der Waals surface area contributed by atoms with E-state index in [1.807, 2.05) is 0 Å². The van der Waals surface area contributed by atoms with Gasteiger partial charge in [-0.25, -0.2) is 4.79 Å². The summed E-state index contributed by atoms with van der Waals surface area (Å²) in [6.07, 6.45) is 3.65. The third kappa shape index (κ3) is 4.76. The van der Waals surface area contributed by atoms with Gasteiger partial charge in [-0.1, -0.05) is 13.3 Å². The molecule has 0 aliphatic carbocycles. The number of nitro benzene ring substituents is 1. The number of nitro groups is 1. The van der Waals surface area contributed by atoms with Crippen molar-refractivity contribution in [2.75, 3.05) is 19.7 Å². The highest BCUT2D eigenvalue weighted by atomic mass is 16.6. The fraction of sp³-hybridized carbons (Fsp3) is 0.588. The van der Waals surface area contributed by atoms with Crippen LogP contribution < -0.4 is 0 Å². The Morgan fingerprint density at radius 1 is 1.35 bits per heavy atom. The lowest BCUT2D eigenvalue weighted by Crippen LogP contribution is -2.43. The summed E-state index contributed by atoms with van der Waals surface area (Å²) in [7, 11) is 0. The van der Waals surface area contributed by atoms with Crippen LogP contribution in [0.25, 0.3) is 0 Å². The first-order valence-corrected chi connectivity index (χ1v) is 8.17. The molecule has 1 aliphatic rings. The van der Waals surface area contributed by atoms with E-state index in [-0.39, 0.29) is 5.69 Å². The van der Waals surface area contributed by atoms with E-state index in [0.29, 0.717) is 18.2 Å². The Kier molecular flexibility index (Phi) is 6.10. The largest absolute Gasteiger partial charge is 0.461 e. The second-order valence-corrected chi connectivity index (χ2v) is 6.14. The van der Waals surface area contributed by atoms with Gasteiger partial charge in [-0.2, -0.15) is 0 Å². The van der Waals surface area contributed by atoms with Crippen LogP contribution in [0.1, 0.15) is 43.5 Å². The predicted molar refractivity (Wildman–Crippen MR) is 87.4 cm³/mol. The first kappa shape index (κ1) is 17.4. The molecule has 0 bridgehead atoms. The Morgan fingerprint density at radius 3 is 2.65 bits per heavy atom. The summed E-state index contributed by atoms with van der Waals surface area (Å²) in [6.45, 7) is 6.57. The van der Waals surface area contributed by atoms with Crippen LogP contribution in [0.3, 0.4) is 0 Å². The van der Waals surface area contributed by atoms with Crippen molar-refractivity contribution in [2.45, 2.75) is 39.2 Å². The van der Waals surface area contributed by atoms with Crippen molar-refractivity contribution in [3.05, 3.63) is 39.9 Å². The van der Waals surface area contributed by atoms with Gasteiger partial charge >= 0.3 is 5.97 Å². The molecule has 2 atom stereocenters. The van der Waals surface area contributed by atoms with E-state index >= 15 is 0 Å². The molecule has 1 heterocycles. The van der Waals surface area contributed by atoms with Gasteiger partial charge in [-0.3, -0.25) is 15.0 Å². The van der Waals surface area contributed by atoms with E-state index in [1.54, 1.807) is 0 Å². The molecule has 1 saturated heterocycles. The van der Waals surface area contributed by atoms with Gasteiger partial charge in [0.1, 0.15) is 6.61 Å². The summed E-state index contributed by atoms with van der Waals surface area (Å²) in [5, 5.41) is 10.6. The number of benzene rings is 1. The van der Waals surface area contributed by atoms with Crippen molar-refractivity contribution in [3.8, 4) is 0 Å². The van der Waals surface area contributed by atoms with Crippen molar-refractivity contribution in [1.82, 2.24) is 4.90 Å². The van der Waals surface area contributed by atoms with Crippen LogP contribution in [-0.4, -0.2) is 41.5 Å². The average Bonchev–Trinajstić information content (AvgIpc) is 2.56. The SMILES string of the molecule is CCC1CCC(C)N(CCOC(=O)c2ccc([N+](=O)[O-])cc2)C1. The third-order valence-corrected chi connectivity index (χ3v) is 4.61. The zero-order chi connectivity index (χ0) is 16.8. The predicted octanol–water partition coefficient (Wildman–Crippen LogP) is 3.26. The number of hydrogen-bond acceptors (Lipinski definition) is 5. The molecule has 126 valence electrons. The van der Waals surface area contributed by atoms with Gasteiger partial charge in [-0.05, 0) is 37.8 Å². The van der Waals surface area contributed by atoms with E-state index < -0.39 is 10.9 Å². The van der Waals surface area contributed by atoms with Crippen LogP contribution in [-0.2, 0) is 4.74 Å². The molecule has 0 radical (unpaired) electrons. The molecular formula is C17H24N2O4. The van der Waals surface area contributed by atoms with Gasteiger partial charge in [0.15, 0.2) is 0 Å². The summed E-state index contributed by atoms with van der Waals surface area (Å²) >= 11 is 0. The Balaban J connectivity index is 1.81. The maximum Gasteiger partial charge on any atom is 0.338 e. The molecule has 0 saturated carbocycles. The molecular weight excluding hydrogens is 296 g/mol. The van der Waals surface area contributed by atoms with Crippen LogP contribution in [0, 0.1) is 16.0 Å².